The van der Waals surface area contributed by atoms with Gasteiger partial charge in [-0.05, 0) is 84.6 Å². The zero-order chi connectivity index (χ0) is 34.8. The van der Waals surface area contributed by atoms with Crippen LogP contribution in [0.15, 0.2) is 102 Å². The summed E-state index contributed by atoms with van der Waals surface area (Å²) < 4.78 is 35.0. The van der Waals surface area contributed by atoms with Crippen LogP contribution in [0.3, 0.4) is 0 Å². The molecule has 4 aromatic rings. The summed E-state index contributed by atoms with van der Waals surface area (Å²) in [5.41, 5.74) is 1.59. The Bertz CT molecular complexity index is 1790. The highest BCUT2D eigenvalue weighted by Crippen LogP contribution is 2.29. The maximum atomic E-state index is 14.6. The van der Waals surface area contributed by atoms with Gasteiger partial charge < -0.3 is 15.0 Å². The van der Waals surface area contributed by atoms with E-state index in [9.17, 15) is 18.0 Å². The van der Waals surface area contributed by atoms with Crippen LogP contribution in [0.25, 0.3) is 0 Å². The van der Waals surface area contributed by atoms with Crippen molar-refractivity contribution < 1.29 is 22.7 Å². The number of hydrogen-bond acceptors (Lipinski definition) is 5. The van der Waals surface area contributed by atoms with Crippen LogP contribution in [-0.2, 0) is 32.6 Å². The Morgan fingerprint density at radius 1 is 0.854 bits per heavy atom. The number of ether oxygens (including phenoxy) is 1. The van der Waals surface area contributed by atoms with E-state index in [0.29, 0.717) is 39.5 Å². The molecule has 8 nitrogen and oxygen atoms in total. The molecule has 0 aromatic heterocycles. The molecule has 0 aliphatic carbocycles. The van der Waals surface area contributed by atoms with Crippen molar-refractivity contribution in [2.24, 2.45) is 5.92 Å². The van der Waals surface area contributed by atoms with E-state index in [0.717, 1.165) is 9.87 Å². The summed E-state index contributed by atoms with van der Waals surface area (Å²) in [6.45, 7) is 5.89. The van der Waals surface area contributed by atoms with E-state index in [1.54, 1.807) is 42.5 Å². The number of amides is 2. The fourth-order valence-electron chi connectivity index (χ4n) is 4.95. The quantitative estimate of drug-likeness (QED) is 0.136. The minimum absolute atomic E-state index is 0.0589. The molecule has 0 unspecified atom stereocenters. The van der Waals surface area contributed by atoms with Crippen LogP contribution in [0.2, 0.25) is 15.1 Å². The predicted octanol–water partition coefficient (Wildman–Crippen LogP) is 7.65. The van der Waals surface area contributed by atoms with E-state index in [1.807, 2.05) is 51.1 Å². The highest BCUT2D eigenvalue weighted by Gasteiger charge is 2.35. The molecule has 254 valence electrons. The lowest BCUT2D eigenvalue weighted by molar-refractivity contribution is -0.140. The first kappa shape index (κ1) is 37.1. The Morgan fingerprint density at radius 2 is 1.50 bits per heavy atom. The Morgan fingerprint density at radius 3 is 2.10 bits per heavy atom. The van der Waals surface area contributed by atoms with Crippen LogP contribution >= 0.6 is 34.8 Å². The lowest BCUT2D eigenvalue weighted by atomic mass is 10.0. The van der Waals surface area contributed by atoms with Gasteiger partial charge in [0.15, 0.2) is 0 Å². The van der Waals surface area contributed by atoms with Gasteiger partial charge in [-0.15, -0.1) is 0 Å². The number of sulfonamides is 1. The number of nitrogens with one attached hydrogen (secondary N) is 1. The summed E-state index contributed by atoms with van der Waals surface area (Å²) in [6, 6.07) is 25.3. The van der Waals surface area contributed by atoms with Crippen LogP contribution in [0.4, 0.5) is 5.69 Å². The van der Waals surface area contributed by atoms with Crippen molar-refractivity contribution in [3.8, 4) is 5.75 Å². The zero-order valence-corrected chi connectivity index (χ0v) is 30.0. The molecule has 0 heterocycles. The molecule has 4 aromatic carbocycles. The van der Waals surface area contributed by atoms with Crippen molar-refractivity contribution in [3.05, 3.63) is 123 Å². The maximum Gasteiger partial charge on any atom is 0.264 e. The minimum atomic E-state index is -4.30. The molecule has 0 aliphatic rings. The summed E-state index contributed by atoms with van der Waals surface area (Å²) in [6.07, 6.45) is 0.175. The van der Waals surface area contributed by atoms with Crippen molar-refractivity contribution in [2.45, 2.75) is 44.7 Å². The smallest absolute Gasteiger partial charge is 0.264 e. The van der Waals surface area contributed by atoms with Gasteiger partial charge in [-0.1, -0.05) is 85.0 Å². The monoisotopic (exact) mass is 729 g/mol. The number of rotatable bonds is 15. The minimum Gasteiger partial charge on any atom is -0.494 e. The van der Waals surface area contributed by atoms with Crippen molar-refractivity contribution in [2.75, 3.05) is 24.0 Å². The van der Waals surface area contributed by atoms with E-state index < -0.39 is 28.5 Å². The first-order valence-corrected chi connectivity index (χ1v) is 18.0. The van der Waals surface area contributed by atoms with E-state index in [2.05, 4.69) is 5.32 Å². The van der Waals surface area contributed by atoms with Crippen LogP contribution in [0.1, 0.15) is 31.9 Å². The number of benzene rings is 4. The number of hydrogen-bond donors (Lipinski definition) is 1. The third-order valence-electron chi connectivity index (χ3n) is 7.43. The first-order chi connectivity index (χ1) is 22.9. The molecule has 0 saturated carbocycles. The summed E-state index contributed by atoms with van der Waals surface area (Å²) in [4.78, 5) is 29.9. The lowest BCUT2D eigenvalue weighted by Gasteiger charge is -2.34. The first-order valence-electron chi connectivity index (χ1n) is 15.4. The van der Waals surface area contributed by atoms with Gasteiger partial charge in [0.25, 0.3) is 10.0 Å². The molecule has 1 N–H and O–H groups in total. The molecule has 0 fully saturated rings. The molecule has 0 bridgehead atoms. The molecular weight excluding hydrogens is 693 g/mol. The molecule has 0 radical (unpaired) electrons. The van der Waals surface area contributed by atoms with Gasteiger partial charge in [-0.3, -0.25) is 13.9 Å². The molecule has 0 saturated heterocycles. The molecular formula is C36H38Cl3N3O5S. The van der Waals surface area contributed by atoms with E-state index in [1.165, 1.54) is 29.2 Å². The standard InChI is InChI=1S/C36H38Cl3N3O5S/c1-4-47-31-16-14-30(15-17-31)42(48(45,46)32-18-12-28(37)13-19-32)24-35(43)41(23-27-10-11-29(38)21-33(27)39)34(36(44)40-22-25(2)3)20-26-8-6-5-7-9-26/h5-19,21,25,34H,4,20,22-24H2,1-3H3,(H,40,44)/t34-/m1/s1. The third kappa shape index (κ3) is 9.89. The molecule has 48 heavy (non-hydrogen) atoms. The number of halogens is 3. The Labute approximate surface area is 297 Å². The average molecular weight is 731 g/mol. The van der Waals surface area contributed by atoms with Gasteiger partial charge in [0.1, 0.15) is 18.3 Å². The maximum absolute atomic E-state index is 14.6. The molecule has 0 spiro atoms. The second-order valence-electron chi connectivity index (χ2n) is 11.5. The lowest BCUT2D eigenvalue weighted by Crippen LogP contribution is -2.53. The number of anilines is 1. The Kier molecular flexibility index (Phi) is 13.2. The summed E-state index contributed by atoms with van der Waals surface area (Å²) in [5.74, 6) is -0.298. The number of carbonyl (C=O) groups excluding carboxylic acids is 2. The molecule has 12 heteroatoms. The highest BCUT2D eigenvalue weighted by molar-refractivity contribution is 7.92. The fourth-order valence-corrected chi connectivity index (χ4v) is 6.96. The molecule has 0 aliphatic heterocycles. The van der Waals surface area contributed by atoms with Crippen molar-refractivity contribution >= 4 is 62.3 Å². The summed E-state index contributed by atoms with van der Waals surface area (Å²) >= 11 is 18.8. The second-order valence-corrected chi connectivity index (χ2v) is 14.6. The Balaban J connectivity index is 1.82. The van der Waals surface area contributed by atoms with Gasteiger partial charge in [0.05, 0.1) is 17.2 Å². The molecule has 1 atom stereocenters. The van der Waals surface area contributed by atoms with Crippen LogP contribution in [0.5, 0.6) is 5.75 Å². The summed E-state index contributed by atoms with van der Waals surface area (Å²) in [5, 5.41) is 4.04. The van der Waals surface area contributed by atoms with Gasteiger partial charge >= 0.3 is 0 Å². The van der Waals surface area contributed by atoms with Crippen molar-refractivity contribution in [1.29, 1.82) is 0 Å². The van der Waals surface area contributed by atoms with Crippen molar-refractivity contribution in [3.63, 3.8) is 0 Å². The normalized spacial score (nSPS) is 12.0. The van der Waals surface area contributed by atoms with Gasteiger partial charge in [0, 0.05) is 34.6 Å². The largest absolute Gasteiger partial charge is 0.494 e. The topological polar surface area (TPSA) is 96.0 Å². The van der Waals surface area contributed by atoms with Gasteiger partial charge in [-0.2, -0.15) is 0 Å². The number of nitrogens with zero attached hydrogens (tertiary/aromatic N) is 2. The van der Waals surface area contributed by atoms with Crippen LogP contribution < -0.4 is 14.4 Å². The van der Waals surface area contributed by atoms with Crippen molar-refractivity contribution in [1.82, 2.24) is 10.2 Å². The molecule has 4 rings (SSSR count). The zero-order valence-electron chi connectivity index (χ0n) is 26.9. The average Bonchev–Trinajstić information content (AvgIpc) is 3.06. The second kappa shape index (κ2) is 17.1. The van der Waals surface area contributed by atoms with E-state index in [4.69, 9.17) is 39.5 Å². The van der Waals surface area contributed by atoms with Gasteiger partial charge in [-0.25, -0.2) is 8.42 Å². The van der Waals surface area contributed by atoms with E-state index in [-0.39, 0.29) is 35.4 Å². The number of carbonyl (C=O) groups is 2. The molecule has 2 amide bonds. The van der Waals surface area contributed by atoms with E-state index >= 15 is 0 Å². The summed E-state index contributed by atoms with van der Waals surface area (Å²) in [7, 11) is -4.30. The van der Waals surface area contributed by atoms with Crippen LogP contribution in [0, 0.1) is 5.92 Å². The fraction of sp³-hybridized carbons (Fsp3) is 0.278. The predicted molar refractivity (Wildman–Crippen MR) is 192 cm³/mol. The Hall–Kier alpha value is -3.76. The highest BCUT2D eigenvalue weighted by atomic mass is 35.5. The SMILES string of the molecule is CCOc1ccc(N(CC(=O)N(Cc2ccc(Cl)cc2Cl)[C@H](Cc2ccccc2)C(=O)NCC(C)C)S(=O)(=O)c2ccc(Cl)cc2)cc1. The van der Waals surface area contributed by atoms with Gasteiger partial charge in [0.2, 0.25) is 11.8 Å². The third-order valence-corrected chi connectivity index (χ3v) is 10.1. The van der Waals surface area contributed by atoms with Crippen LogP contribution in [-0.4, -0.2) is 50.9 Å².